The maximum atomic E-state index is 13.5. The molecular weight excluding hydrogens is 311 g/mol. The molecule has 0 N–H and O–H groups in total. The van der Waals surface area contributed by atoms with Crippen molar-refractivity contribution in [2.45, 2.75) is 31.3 Å². The van der Waals surface area contributed by atoms with Gasteiger partial charge in [-0.2, -0.15) is 4.98 Å². The zero-order chi connectivity index (χ0) is 17.3. The number of hydrogen-bond acceptors (Lipinski definition) is 5. The van der Waals surface area contributed by atoms with Gasteiger partial charge in [0.1, 0.15) is 11.9 Å². The van der Waals surface area contributed by atoms with Crippen LogP contribution in [0.15, 0.2) is 28.8 Å². The standard InChI is InChI=1S/C17H21FN4O2/c1-21(2)15(12-5-4-6-13(18)9-12)17(23)22(3)10-14-19-16(20-24-14)11-7-8-11/h4-6,9,11,15H,7-8,10H2,1-3H3. The molecule has 2 aromatic rings. The Labute approximate surface area is 140 Å². The van der Waals surface area contributed by atoms with Crippen LogP contribution in [0.25, 0.3) is 0 Å². The van der Waals surface area contributed by atoms with E-state index in [-0.39, 0.29) is 18.3 Å². The molecule has 0 aliphatic heterocycles. The average Bonchev–Trinajstić information content (AvgIpc) is 3.27. The second-order valence-electron chi connectivity index (χ2n) is 6.44. The second kappa shape index (κ2) is 6.68. The maximum Gasteiger partial charge on any atom is 0.246 e. The molecule has 1 fully saturated rings. The van der Waals surface area contributed by atoms with Gasteiger partial charge < -0.3 is 9.42 Å². The highest BCUT2D eigenvalue weighted by Gasteiger charge is 2.30. The minimum atomic E-state index is -0.573. The van der Waals surface area contributed by atoms with E-state index >= 15 is 0 Å². The Kier molecular flexibility index (Phi) is 4.62. The lowest BCUT2D eigenvalue weighted by atomic mass is 10.0. The molecule has 1 atom stereocenters. The zero-order valence-electron chi connectivity index (χ0n) is 14.1. The van der Waals surface area contributed by atoms with Crippen molar-refractivity contribution in [1.29, 1.82) is 0 Å². The van der Waals surface area contributed by atoms with E-state index in [1.165, 1.54) is 17.0 Å². The summed E-state index contributed by atoms with van der Waals surface area (Å²) in [5.41, 5.74) is 0.612. The molecule has 1 unspecified atom stereocenters. The van der Waals surface area contributed by atoms with E-state index in [0.29, 0.717) is 17.4 Å². The van der Waals surface area contributed by atoms with Crippen LogP contribution < -0.4 is 0 Å². The fourth-order valence-electron chi connectivity index (χ4n) is 2.67. The normalized spacial score (nSPS) is 15.5. The second-order valence-corrected chi connectivity index (χ2v) is 6.44. The summed E-state index contributed by atoms with van der Waals surface area (Å²) in [7, 11) is 5.26. The van der Waals surface area contributed by atoms with E-state index in [9.17, 15) is 9.18 Å². The number of halogens is 1. The van der Waals surface area contributed by atoms with Crippen molar-refractivity contribution in [1.82, 2.24) is 19.9 Å². The van der Waals surface area contributed by atoms with Crippen molar-refractivity contribution < 1.29 is 13.7 Å². The Hall–Kier alpha value is -2.28. The average molecular weight is 332 g/mol. The van der Waals surface area contributed by atoms with Gasteiger partial charge in [-0.1, -0.05) is 17.3 Å². The molecule has 0 spiro atoms. The van der Waals surface area contributed by atoms with Crippen LogP contribution in [0.4, 0.5) is 4.39 Å². The van der Waals surface area contributed by atoms with Crippen molar-refractivity contribution >= 4 is 5.91 Å². The number of aromatic nitrogens is 2. The predicted molar refractivity (Wildman–Crippen MR) is 85.6 cm³/mol. The molecular formula is C17H21FN4O2. The molecule has 6 nitrogen and oxygen atoms in total. The minimum Gasteiger partial charge on any atom is -0.337 e. The lowest BCUT2D eigenvalue weighted by Gasteiger charge is -2.28. The number of carbonyl (C=O) groups excluding carboxylic acids is 1. The van der Waals surface area contributed by atoms with Crippen LogP contribution in [0.3, 0.4) is 0 Å². The SMILES string of the molecule is CN(Cc1nc(C2CC2)no1)C(=O)C(c1cccc(F)c1)N(C)C. The lowest BCUT2D eigenvalue weighted by molar-refractivity contribution is -0.135. The number of amides is 1. The van der Waals surface area contributed by atoms with Gasteiger partial charge in [0.05, 0.1) is 6.54 Å². The van der Waals surface area contributed by atoms with Gasteiger partial charge in [0, 0.05) is 13.0 Å². The van der Waals surface area contributed by atoms with Gasteiger partial charge in [-0.3, -0.25) is 9.69 Å². The Bertz CT molecular complexity index is 727. The van der Waals surface area contributed by atoms with E-state index in [2.05, 4.69) is 10.1 Å². The summed E-state index contributed by atoms with van der Waals surface area (Å²) < 4.78 is 18.7. The first-order valence-electron chi connectivity index (χ1n) is 7.95. The quantitative estimate of drug-likeness (QED) is 0.812. The largest absolute Gasteiger partial charge is 0.337 e. The van der Waals surface area contributed by atoms with Crippen LogP contribution in [0, 0.1) is 5.82 Å². The maximum absolute atomic E-state index is 13.5. The van der Waals surface area contributed by atoms with Gasteiger partial charge in [0.2, 0.25) is 11.8 Å². The molecule has 1 heterocycles. The zero-order valence-corrected chi connectivity index (χ0v) is 14.1. The Morgan fingerprint density at radius 2 is 2.12 bits per heavy atom. The van der Waals surface area contributed by atoms with Crippen LogP contribution in [0.2, 0.25) is 0 Å². The van der Waals surface area contributed by atoms with Crippen LogP contribution in [0.5, 0.6) is 0 Å². The Balaban J connectivity index is 1.73. The van der Waals surface area contributed by atoms with E-state index in [1.807, 2.05) is 0 Å². The number of carbonyl (C=O) groups is 1. The van der Waals surface area contributed by atoms with Gasteiger partial charge in [0.15, 0.2) is 5.82 Å². The molecule has 0 bridgehead atoms. The highest BCUT2D eigenvalue weighted by Crippen LogP contribution is 2.38. The van der Waals surface area contributed by atoms with Gasteiger partial charge in [-0.25, -0.2) is 4.39 Å². The molecule has 24 heavy (non-hydrogen) atoms. The van der Waals surface area contributed by atoms with Crippen LogP contribution in [-0.2, 0) is 11.3 Å². The molecule has 1 aromatic carbocycles. The van der Waals surface area contributed by atoms with E-state index in [1.54, 1.807) is 38.2 Å². The van der Waals surface area contributed by atoms with E-state index < -0.39 is 6.04 Å². The first kappa shape index (κ1) is 16.6. The molecule has 1 amide bonds. The third kappa shape index (κ3) is 3.62. The van der Waals surface area contributed by atoms with Crippen molar-refractivity contribution in [3.05, 3.63) is 47.4 Å². The van der Waals surface area contributed by atoms with Gasteiger partial charge >= 0.3 is 0 Å². The summed E-state index contributed by atoms with van der Waals surface area (Å²) in [6.45, 7) is 0.234. The summed E-state index contributed by atoms with van der Waals surface area (Å²) in [6.07, 6.45) is 2.19. The highest BCUT2D eigenvalue weighted by molar-refractivity contribution is 5.83. The number of likely N-dealkylation sites (N-methyl/N-ethyl adjacent to an activating group) is 2. The fraction of sp³-hybridized carbons (Fsp3) is 0.471. The van der Waals surface area contributed by atoms with Crippen LogP contribution >= 0.6 is 0 Å². The minimum absolute atomic E-state index is 0.156. The number of benzene rings is 1. The van der Waals surface area contributed by atoms with E-state index in [0.717, 1.165) is 18.7 Å². The summed E-state index contributed by atoms with van der Waals surface area (Å²) in [5.74, 6) is 1.03. The summed E-state index contributed by atoms with van der Waals surface area (Å²) >= 11 is 0. The first-order valence-corrected chi connectivity index (χ1v) is 7.95. The third-order valence-electron chi connectivity index (χ3n) is 4.09. The van der Waals surface area contributed by atoms with Gasteiger partial charge in [-0.15, -0.1) is 0 Å². The molecule has 0 radical (unpaired) electrons. The smallest absolute Gasteiger partial charge is 0.246 e. The molecule has 1 aliphatic rings. The molecule has 7 heteroatoms. The van der Waals surface area contributed by atoms with Crippen LogP contribution in [0.1, 0.15) is 42.1 Å². The number of nitrogens with zero attached hydrogens (tertiary/aromatic N) is 4. The number of hydrogen-bond donors (Lipinski definition) is 0. The topological polar surface area (TPSA) is 62.5 Å². The first-order chi connectivity index (χ1) is 11.5. The molecule has 1 saturated carbocycles. The molecule has 128 valence electrons. The van der Waals surface area contributed by atoms with Crippen molar-refractivity contribution in [3.8, 4) is 0 Å². The van der Waals surface area contributed by atoms with Crippen molar-refractivity contribution in [2.75, 3.05) is 21.1 Å². The summed E-state index contributed by atoms with van der Waals surface area (Å²) in [6, 6.07) is 5.53. The van der Waals surface area contributed by atoms with Gasteiger partial charge in [0.25, 0.3) is 0 Å². The summed E-state index contributed by atoms with van der Waals surface area (Å²) in [4.78, 5) is 20.5. The molecule has 3 rings (SSSR count). The Morgan fingerprint density at radius 3 is 2.75 bits per heavy atom. The lowest BCUT2D eigenvalue weighted by Crippen LogP contribution is -2.38. The Morgan fingerprint density at radius 1 is 1.38 bits per heavy atom. The molecule has 1 aliphatic carbocycles. The monoisotopic (exact) mass is 332 g/mol. The van der Waals surface area contributed by atoms with Crippen LogP contribution in [-0.4, -0.2) is 47.0 Å². The van der Waals surface area contributed by atoms with Crippen molar-refractivity contribution in [2.24, 2.45) is 0 Å². The predicted octanol–water partition coefficient (Wildman–Crippen LogP) is 2.35. The number of rotatable bonds is 6. The fourth-order valence-corrected chi connectivity index (χ4v) is 2.67. The molecule has 1 aromatic heterocycles. The molecule has 0 saturated heterocycles. The van der Waals surface area contributed by atoms with E-state index in [4.69, 9.17) is 4.52 Å². The van der Waals surface area contributed by atoms with Crippen molar-refractivity contribution in [3.63, 3.8) is 0 Å². The summed E-state index contributed by atoms with van der Waals surface area (Å²) in [5, 5.41) is 3.96. The van der Waals surface area contributed by atoms with Gasteiger partial charge in [-0.05, 0) is 44.6 Å². The third-order valence-corrected chi connectivity index (χ3v) is 4.09. The highest BCUT2D eigenvalue weighted by atomic mass is 19.1.